The molecule has 1 aliphatic carbocycles. The van der Waals surface area contributed by atoms with Crippen LogP contribution in [-0.2, 0) is 12.8 Å². The molecule has 0 atom stereocenters. The molecule has 0 bridgehead atoms. The van der Waals surface area contributed by atoms with Crippen LogP contribution in [0.1, 0.15) is 37.1 Å². The van der Waals surface area contributed by atoms with Crippen LogP contribution >= 0.6 is 22.9 Å². The predicted octanol–water partition coefficient (Wildman–Crippen LogP) is 4.07. The van der Waals surface area contributed by atoms with E-state index in [0.717, 1.165) is 35.7 Å². The number of anilines is 1. The number of aromatic nitrogens is 2. The van der Waals surface area contributed by atoms with E-state index in [1.54, 1.807) is 11.3 Å². The van der Waals surface area contributed by atoms with Gasteiger partial charge in [-0.25, -0.2) is 9.97 Å². The molecule has 0 spiro atoms. The fraction of sp³-hybridized carbons (Fsp3) is 0.571. The summed E-state index contributed by atoms with van der Waals surface area (Å²) in [6.45, 7) is 6.04. The molecule has 0 aliphatic heterocycles. The van der Waals surface area contributed by atoms with E-state index in [-0.39, 0.29) is 0 Å². The molecule has 1 aliphatic rings. The molecule has 0 amide bonds. The molecule has 0 saturated heterocycles. The minimum atomic E-state index is 0.631. The van der Waals surface area contributed by atoms with Gasteiger partial charge < -0.3 is 4.90 Å². The maximum Gasteiger partial charge on any atom is 0.228 e. The Labute approximate surface area is 122 Å². The van der Waals surface area contributed by atoms with Crippen molar-refractivity contribution in [2.75, 3.05) is 18.0 Å². The van der Waals surface area contributed by atoms with Gasteiger partial charge in [-0.3, -0.25) is 0 Å². The maximum atomic E-state index is 6.43. The fourth-order valence-corrected chi connectivity index (χ4v) is 4.34. The van der Waals surface area contributed by atoms with Crippen molar-refractivity contribution in [1.82, 2.24) is 9.97 Å². The molecular formula is C14H18ClN3S. The van der Waals surface area contributed by atoms with Gasteiger partial charge in [0.05, 0.1) is 5.39 Å². The van der Waals surface area contributed by atoms with Crippen molar-refractivity contribution in [2.24, 2.45) is 0 Å². The number of rotatable bonds is 3. The molecule has 0 saturated carbocycles. The summed E-state index contributed by atoms with van der Waals surface area (Å²) >= 11 is 8.23. The second-order valence-electron chi connectivity index (χ2n) is 4.88. The van der Waals surface area contributed by atoms with Crippen LogP contribution < -0.4 is 4.90 Å². The summed E-state index contributed by atoms with van der Waals surface area (Å²) in [6, 6.07) is 0. The summed E-state index contributed by atoms with van der Waals surface area (Å²) in [5.41, 5.74) is 1.40. The molecule has 0 N–H and O–H groups in total. The Morgan fingerprint density at radius 3 is 2.63 bits per heavy atom. The van der Waals surface area contributed by atoms with E-state index in [2.05, 4.69) is 23.7 Å². The summed E-state index contributed by atoms with van der Waals surface area (Å²) in [6.07, 6.45) is 4.84. The van der Waals surface area contributed by atoms with E-state index >= 15 is 0 Å². The Morgan fingerprint density at radius 2 is 1.89 bits per heavy atom. The molecule has 2 aromatic rings. The van der Waals surface area contributed by atoms with Crippen LogP contribution in [0.25, 0.3) is 10.2 Å². The van der Waals surface area contributed by atoms with Crippen molar-refractivity contribution in [3.63, 3.8) is 0 Å². The zero-order valence-electron chi connectivity index (χ0n) is 11.4. The van der Waals surface area contributed by atoms with E-state index in [1.807, 2.05) is 0 Å². The summed E-state index contributed by atoms with van der Waals surface area (Å²) in [7, 11) is 0. The second kappa shape index (κ2) is 5.25. The van der Waals surface area contributed by atoms with Gasteiger partial charge in [0, 0.05) is 18.0 Å². The third-order valence-corrected chi connectivity index (χ3v) is 5.26. The molecule has 5 heteroatoms. The standard InChI is InChI=1S/C14H18ClN3S/c1-3-18(4-2)14-16-12(15)11-9-7-5-6-8-10(9)19-13(11)17-14/h3-8H2,1-2H3. The quantitative estimate of drug-likeness (QED) is 0.799. The van der Waals surface area contributed by atoms with Crippen molar-refractivity contribution < 1.29 is 0 Å². The number of hydrogen-bond donors (Lipinski definition) is 0. The van der Waals surface area contributed by atoms with Gasteiger partial charge in [0.2, 0.25) is 5.95 Å². The van der Waals surface area contributed by atoms with E-state index in [1.165, 1.54) is 29.7 Å². The predicted molar refractivity (Wildman–Crippen MR) is 82.6 cm³/mol. The van der Waals surface area contributed by atoms with Crippen molar-refractivity contribution in [1.29, 1.82) is 0 Å². The first-order valence-electron chi connectivity index (χ1n) is 6.97. The van der Waals surface area contributed by atoms with E-state index in [4.69, 9.17) is 16.6 Å². The van der Waals surface area contributed by atoms with E-state index in [0.29, 0.717) is 5.15 Å². The largest absolute Gasteiger partial charge is 0.341 e. The Balaban J connectivity index is 2.16. The minimum Gasteiger partial charge on any atom is -0.341 e. The molecule has 0 fully saturated rings. The highest BCUT2D eigenvalue weighted by Crippen LogP contribution is 2.39. The van der Waals surface area contributed by atoms with Crippen LogP contribution in [0, 0.1) is 0 Å². The Morgan fingerprint density at radius 1 is 1.16 bits per heavy atom. The maximum absolute atomic E-state index is 6.43. The molecule has 2 heterocycles. The number of aryl methyl sites for hydroxylation is 2. The van der Waals surface area contributed by atoms with Crippen molar-refractivity contribution in [3.05, 3.63) is 15.6 Å². The van der Waals surface area contributed by atoms with Gasteiger partial charge in [-0.15, -0.1) is 11.3 Å². The van der Waals surface area contributed by atoms with Crippen LogP contribution in [0.4, 0.5) is 5.95 Å². The van der Waals surface area contributed by atoms with Gasteiger partial charge in [0.1, 0.15) is 9.98 Å². The lowest BCUT2D eigenvalue weighted by molar-refractivity contribution is 0.700. The average Bonchev–Trinajstić information content (AvgIpc) is 2.78. The van der Waals surface area contributed by atoms with Crippen molar-refractivity contribution >= 4 is 39.1 Å². The zero-order chi connectivity index (χ0) is 13.4. The van der Waals surface area contributed by atoms with Gasteiger partial charge in [-0.2, -0.15) is 0 Å². The number of thiophene rings is 1. The second-order valence-corrected chi connectivity index (χ2v) is 6.32. The molecule has 2 aromatic heterocycles. The highest BCUT2D eigenvalue weighted by Gasteiger charge is 2.21. The Kier molecular flexibility index (Phi) is 3.63. The monoisotopic (exact) mass is 295 g/mol. The molecule has 0 unspecified atom stereocenters. The molecule has 0 radical (unpaired) electrons. The first-order valence-corrected chi connectivity index (χ1v) is 8.16. The molecule has 0 aromatic carbocycles. The zero-order valence-corrected chi connectivity index (χ0v) is 12.9. The highest BCUT2D eigenvalue weighted by atomic mass is 35.5. The van der Waals surface area contributed by atoms with Crippen LogP contribution in [0.2, 0.25) is 5.15 Å². The summed E-state index contributed by atoms with van der Waals surface area (Å²) in [4.78, 5) is 13.9. The number of hydrogen-bond acceptors (Lipinski definition) is 4. The van der Waals surface area contributed by atoms with Gasteiger partial charge in [0.25, 0.3) is 0 Å². The number of nitrogens with zero attached hydrogens (tertiary/aromatic N) is 3. The highest BCUT2D eigenvalue weighted by molar-refractivity contribution is 7.19. The lowest BCUT2D eigenvalue weighted by Gasteiger charge is -2.18. The third-order valence-electron chi connectivity index (χ3n) is 3.81. The molecule has 19 heavy (non-hydrogen) atoms. The minimum absolute atomic E-state index is 0.631. The van der Waals surface area contributed by atoms with Crippen LogP contribution in [0.3, 0.4) is 0 Å². The topological polar surface area (TPSA) is 29.0 Å². The normalized spacial score (nSPS) is 14.7. The molecule has 3 nitrogen and oxygen atoms in total. The van der Waals surface area contributed by atoms with Crippen molar-refractivity contribution in [2.45, 2.75) is 39.5 Å². The lowest BCUT2D eigenvalue weighted by Crippen LogP contribution is -2.24. The van der Waals surface area contributed by atoms with Gasteiger partial charge in [-0.1, -0.05) is 11.6 Å². The molecule has 102 valence electrons. The van der Waals surface area contributed by atoms with E-state index < -0.39 is 0 Å². The average molecular weight is 296 g/mol. The van der Waals surface area contributed by atoms with Crippen LogP contribution in [0.15, 0.2) is 0 Å². The van der Waals surface area contributed by atoms with Gasteiger partial charge in [0.15, 0.2) is 0 Å². The number of fused-ring (bicyclic) bond motifs is 3. The summed E-state index contributed by atoms with van der Waals surface area (Å²) in [5.74, 6) is 0.765. The Bertz CT molecular complexity index is 604. The van der Waals surface area contributed by atoms with Crippen LogP contribution in [-0.4, -0.2) is 23.1 Å². The first-order chi connectivity index (χ1) is 9.24. The van der Waals surface area contributed by atoms with Gasteiger partial charge in [-0.05, 0) is 45.1 Å². The summed E-state index contributed by atoms with van der Waals surface area (Å²) < 4.78 is 0. The molecular weight excluding hydrogens is 278 g/mol. The fourth-order valence-electron chi connectivity index (χ4n) is 2.75. The SMILES string of the molecule is CCN(CC)c1nc(Cl)c2c3c(sc2n1)CCCC3. The smallest absolute Gasteiger partial charge is 0.228 e. The first kappa shape index (κ1) is 13.1. The van der Waals surface area contributed by atoms with Crippen LogP contribution in [0.5, 0.6) is 0 Å². The lowest BCUT2D eigenvalue weighted by atomic mass is 9.97. The molecule has 3 rings (SSSR count). The summed E-state index contributed by atoms with van der Waals surface area (Å²) in [5, 5.41) is 1.74. The van der Waals surface area contributed by atoms with E-state index in [9.17, 15) is 0 Å². The van der Waals surface area contributed by atoms with Gasteiger partial charge >= 0.3 is 0 Å². The number of halogens is 1. The Hall–Kier alpha value is -0.870. The van der Waals surface area contributed by atoms with Crippen molar-refractivity contribution in [3.8, 4) is 0 Å². The third kappa shape index (κ3) is 2.21.